The zero-order chi connectivity index (χ0) is 15.3. The van der Waals surface area contributed by atoms with E-state index < -0.39 is 15.8 Å². The molecule has 1 aromatic carbocycles. The molecule has 0 atom stereocenters. The summed E-state index contributed by atoms with van der Waals surface area (Å²) >= 11 is 0. The van der Waals surface area contributed by atoms with Gasteiger partial charge in [0.15, 0.2) is 11.0 Å². The van der Waals surface area contributed by atoms with Crippen molar-refractivity contribution in [2.45, 2.75) is 5.03 Å². The maximum atomic E-state index is 12.0. The number of carbonyl (C=O) groups excluding carboxylic acids is 1. The lowest BCUT2D eigenvalue weighted by molar-refractivity contribution is 0.0963. The van der Waals surface area contributed by atoms with Gasteiger partial charge in [0.2, 0.25) is 9.84 Å². The molecular weight excluding hydrogens is 292 g/mol. The Morgan fingerprint density at radius 3 is 2.48 bits per heavy atom. The fourth-order valence-electron chi connectivity index (χ4n) is 1.58. The van der Waals surface area contributed by atoms with Gasteiger partial charge in [-0.3, -0.25) is 4.79 Å². The van der Waals surface area contributed by atoms with E-state index in [9.17, 15) is 13.2 Å². The van der Waals surface area contributed by atoms with Crippen LogP contribution in [0.15, 0.2) is 53.7 Å². The van der Waals surface area contributed by atoms with Crippen LogP contribution in [-0.4, -0.2) is 32.3 Å². The molecule has 21 heavy (non-hydrogen) atoms. The Balaban J connectivity index is 2.05. The van der Waals surface area contributed by atoms with Crippen LogP contribution < -0.4 is 10.1 Å². The van der Waals surface area contributed by atoms with Gasteiger partial charge in [0.05, 0.1) is 0 Å². The van der Waals surface area contributed by atoms with Crippen molar-refractivity contribution in [3.63, 3.8) is 0 Å². The Morgan fingerprint density at radius 1 is 1.19 bits per heavy atom. The average molecular weight is 306 g/mol. The molecule has 7 heteroatoms. The largest absolute Gasteiger partial charge is 0.477 e. The summed E-state index contributed by atoms with van der Waals surface area (Å²) in [6.07, 6.45) is 1.41. The number of aromatic nitrogens is 1. The van der Waals surface area contributed by atoms with E-state index in [1.54, 1.807) is 36.4 Å². The minimum Gasteiger partial charge on any atom is -0.477 e. The van der Waals surface area contributed by atoms with Gasteiger partial charge in [-0.1, -0.05) is 6.07 Å². The molecule has 1 aromatic heterocycles. The lowest BCUT2D eigenvalue weighted by Crippen LogP contribution is -2.17. The Kier molecular flexibility index (Phi) is 4.54. The van der Waals surface area contributed by atoms with Gasteiger partial charge in [-0.15, -0.1) is 0 Å². The van der Waals surface area contributed by atoms with Crippen molar-refractivity contribution in [3.05, 3.63) is 54.2 Å². The van der Waals surface area contributed by atoms with E-state index in [1.807, 2.05) is 0 Å². The van der Waals surface area contributed by atoms with E-state index in [0.717, 1.165) is 0 Å². The lowest BCUT2D eigenvalue weighted by Gasteiger charge is -2.07. The SMILES string of the molecule is CNC(=O)c1ccc(OCS(=O)(=O)c2ccccn2)cc1. The number of hydrogen-bond donors (Lipinski definition) is 1. The third-order valence-corrected chi connectivity index (χ3v) is 3.99. The van der Waals surface area contributed by atoms with Crippen LogP contribution in [0, 0.1) is 0 Å². The van der Waals surface area contributed by atoms with E-state index >= 15 is 0 Å². The van der Waals surface area contributed by atoms with E-state index in [-0.39, 0.29) is 10.9 Å². The maximum absolute atomic E-state index is 12.0. The van der Waals surface area contributed by atoms with Crippen LogP contribution in [-0.2, 0) is 9.84 Å². The van der Waals surface area contributed by atoms with Crippen LogP contribution in [0.25, 0.3) is 0 Å². The Bertz CT molecular complexity index is 712. The molecule has 0 aliphatic heterocycles. The highest BCUT2D eigenvalue weighted by molar-refractivity contribution is 7.91. The van der Waals surface area contributed by atoms with Gasteiger partial charge in [-0.25, -0.2) is 13.4 Å². The first-order chi connectivity index (χ1) is 10.0. The van der Waals surface area contributed by atoms with Gasteiger partial charge in [0.1, 0.15) is 5.75 Å². The Morgan fingerprint density at radius 2 is 1.90 bits per heavy atom. The standard InChI is InChI=1S/C14H14N2O4S/c1-15-14(17)11-5-7-12(8-6-11)20-10-21(18,19)13-4-2-3-9-16-13/h2-9H,10H2,1H3,(H,15,17). The summed E-state index contributed by atoms with van der Waals surface area (Å²) < 4.78 is 29.2. The first kappa shape index (κ1) is 15.0. The van der Waals surface area contributed by atoms with Crippen molar-refractivity contribution in [1.29, 1.82) is 0 Å². The topological polar surface area (TPSA) is 85.4 Å². The summed E-state index contributed by atoms with van der Waals surface area (Å²) in [5.41, 5.74) is 0.470. The Hall–Kier alpha value is -2.41. The number of amides is 1. The summed E-state index contributed by atoms with van der Waals surface area (Å²) in [7, 11) is -2.07. The van der Waals surface area contributed by atoms with Crippen molar-refractivity contribution < 1.29 is 17.9 Å². The molecule has 1 N–H and O–H groups in total. The third kappa shape index (κ3) is 3.79. The molecule has 0 saturated heterocycles. The van der Waals surface area contributed by atoms with Crippen LogP contribution in [0.5, 0.6) is 5.75 Å². The summed E-state index contributed by atoms with van der Waals surface area (Å²) in [5, 5.41) is 2.46. The second-order valence-electron chi connectivity index (χ2n) is 4.15. The molecular formula is C14H14N2O4S. The quantitative estimate of drug-likeness (QED) is 0.898. The molecule has 0 aliphatic carbocycles. The van der Waals surface area contributed by atoms with Gasteiger partial charge in [-0.05, 0) is 36.4 Å². The number of pyridine rings is 1. The number of hydrogen-bond acceptors (Lipinski definition) is 5. The van der Waals surface area contributed by atoms with Crippen molar-refractivity contribution >= 4 is 15.7 Å². The number of ether oxygens (including phenoxy) is 1. The van der Waals surface area contributed by atoms with Crippen LogP contribution in [0.4, 0.5) is 0 Å². The van der Waals surface area contributed by atoms with Crippen molar-refractivity contribution in [3.8, 4) is 5.75 Å². The van der Waals surface area contributed by atoms with E-state index in [0.29, 0.717) is 11.3 Å². The molecule has 110 valence electrons. The summed E-state index contributed by atoms with van der Waals surface area (Å²) in [6.45, 7) is 0. The van der Waals surface area contributed by atoms with Crippen molar-refractivity contribution in [1.82, 2.24) is 10.3 Å². The minimum absolute atomic E-state index is 0.0352. The third-order valence-electron chi connectivity index (χ3n) is 2.68. The average Bonchev–Trinajstić information content (AvgIpc) is 2.53. The molecule has 0 fully saturated rings. The molecule has 0 spiro atoms. The highest BCUT2D eigenvalue weighted by Gasteiger charge is 2.16. The molecule has 0 aliphatic rings. The zero-order valence-corrected chi connectivity index (χ0v) is 12.1. The van der Waals surface area contributed by atoms with Crippen LogP contribution in [0.3, 0.4) is 0 Å². The van der Waals surface area contributed by atoms with Gasteiger partial charge < -0.3 is 10.1 Å². The number of benzene rings is 1. The second-order valence-corrected chi connectivity index (χ2v) is 6.03. The number of nitrogens with one attached hydrogen (secondary N) is 1. The lowest BCUT2D eigenvalue weighted by atomic mass is 10.2. The van der Waals surface area contributed by atoms with Gasteiger partial charge in [0, 0.05) is 18.8 Å². The molecule has 0 unspecified atom stereocenters. The highest BCUT2D eigenvalue weighted by Crippen LogP contribution is 2.14. The van der Waals surface area contributed by atoms with Crippen molar-refractivity contribution in [2.75, 3.05) is 13.0 Å². The van der Waals surface area contributed by atoms with Crippen LogP contribution >= 0.6 is 0 Å². The Labute approximate surface area is 122 Å². The molecule has 0 bridgehead atoms. The number of sulfone groups is 1. The fraction of sp³-hybridized carbons (Fsp3) is 0.143. The normalized spacial score (nSPS) is 10.9. The molecule has 1 amide bonds. The zero-order valence-electron chi connectivity index (χ0n) is 11.3. The molecule has 1 heterocycles. The van der Waals surface area contributed by atoms with E-state index in [4.69, 9.17) is 4.74 Å². The second kappa shape index (κ2) is 6.36. The summed E-state index contributed by atoms with van der Waals surface area (Å²) in [5.74, 6) is -0.367. The van der Waals surface area contributed by atoms with Crippen LogP contribution in [0.2, 0.25) is 0 Å². The monoisotopic (exact) mass is 306 g/mol. The smallest absolute Gasteiger partial charge is 0.251 e. The predicted octanol–water partition coefficient (Wildman–Crippen LogP) is 1.25. The van der Waals surface area contributed by atoms with Gasteiger partial charge in [-0.2, -0.15) is 0 Å². The highest BCUT2D eigenvalue weighted by atomic mass is 32.2. The first-order valence-corrected chi connectivity index (χ1v) is 7.77. The number of rotatable bonds is 5. The molecule has 0 radical (unpaired) electrons. The first-order valence-electron chi connectivity index (χ1n) is 6.11. The molecule has 6 nitrogen and oxygen atoms in total. The minimum atomic E-state index is -3.60. The maximum Gasteiger partial charge on any atom is 0.251 e. The number of carbonyl (C=O) groups is 1. The van der Waals surface area contributed by atoms with Crippen LogP contribution in [0.1, 0.15) is 10.4 Å². The van der Waals surface area contributed by atoms with Gasteiger partial charge in [0.25, 0.3) is 5.91 Å². The van der Waals surface area contributed by atoms with E-state index in [2.05, 4.69) is 10.3 Å². The number of nitrogens with zero attached hydrogens (tertiary/aromatic N) is 1. The molecule has 2 rings (SSSR count). The summed E-state index contributed by atoms with van der Waals surface area (Å²) in [6, 6.07) is 10.8. The fourth-order valence-corrected chi connectivity index (χ4v) is 2.50. The molecule has 2 aromatic rings. The molecule has 0 saturated carbocycles. The summed E-state index contributed by atoms with van der Waals surface area (Å²) in [4.78, 5) is 15.2. The van der Waals surface area contributed by atoms with E-state index in [1.165, 1.54) is 19.3 Å². The predicted molar refractivity (Wildman–Crippen MR) is 76.8 cm³/mol. The van der Waals surface area contributed by atoms with Gasteiger partial charge >= 0.3 is 0 Å². The van der Waals surface area contributed by atoms with Crippen molar-refractivity contribution in [2.24, 2.45) is 0 Å².